The van der Waals surface area contributed by atoms with Crippen molar-refractivity contribution in [3.63, 3.8) is 0 Å². The van der Waals surface area contributed by atoms with E-state index in [-0.39, 0.29) is 0 Å². The van der Waals surface area contributed by atoms with Crippen LogP contribution in [-0.4, -0.2) is 32.6 Å². The largest absolute Gasteiger partial charge is 0.374 e. The Kier molecular flexibility index (Phi) is 8.23. The molecule has 4 heteroatoms. The van der Waals surface area contributed by atoms with Crippen molar-refractivity contribution in [2.45, 2.75) is 26.1 Å². The summed E-state index contributed by atoms with van der Waals surface area (Å²) in [4.78, 5) is 4.30. The Morgan fingerprint density at radius 1 is 0.806 bits per heavy atom. The first kappa shape index (κ1) is 22.6. The zero-order chi connectivity index (χ0) is 22.1. The normalized spacial score (nSPS) is 10.8. The minimum absolute atomic E-state index is 0.539. The lowest BCUT2D eigenvalue weighted by Crippen LogP contribution is -2.18. The van der Waals surface area contributed by atoms with Crippen molar-refractivity contribution >= 4 is 5.69 Å². The molecule has 0 spiro atoms. The van der Waals surface area contributed by atoms with Crippen LogP contribution in [0.2, 0.25) is 0 Å². The maximum atomic E-state index is 8.75. The Labute approximate surface area is 186 Å². The van der Waals surface area contributed by atoms with Gasteiger partial charge in [0.1, 0.15) is 0 Å². The number of nitrogens with zero attached hydrogens (tertiary/aromatic N) is 3. The summed E-state index contributed by atoms with van der Waals surface area (Å²) in [7, 11) is 6.21. The van der Waals surface area contributed by atoms with Crippen molar-refractivity contribution in [2.24, 2.45) is 0 Å². The summed E-state index contributed by atoms with van der Waals surface area (Å²) in [5.74, 6) is 0. The second-order valence-corrected chi connectivity index (χ2v) is 8.19. The van der Waals surface area contributed by atoms with Crippen molar-refractivity contribution in [3.8, 4) is 17.2 Å². The van der Waals surface area contributed by atoms with Gasteiger partial charge in [-0.25, -0.2) is 0 Å². The van der Waals surface area contributed by atoms with Crippen molar-refractivity contribution in [1.29, 1.82) is 5.26 Å². The number of anilines is 1. The summed E-state index contributed by atoms with van der Waals surface area (Å²) in [6.45, 7) is 3.34. The van der Waals surface area contributed by atoms with E-state index in [2.05, 4.69) is 108 Å². The van der Waals surface area contributed by atoms with Crippen LogP contribution in [0.1, 0.15) is 23.1 Å². The second kappa shape index (κ2) is 11.3. The Morgan fingerprint density at radius 2 is 1.48 bits per heavy atom. The van der Waals surface area contributed by atoms with Crippen LogP contribution in [0.25, 0.3) is 11.1 Å². The van der Waals surface area contributed by atoms with Crippen molar-refractivity contribution in [1.82, 2.24) is 10.2 Å². The van der Waals surface area contributed by atoms with Crippen molar-refractivity contribution in [3.05, 3.63) is 89.5 Å². The van der Waals surface area contributed by atoms with Gasteiger partial charge >= 0.3 is 0 Å². The predicted octanol–water partition coefficient (Wildman–Crippen LogP) is 5.05. The molecule has 0 unspecified atom stereocenters. The molecule has 0 bridgehead atoms. The van der Waals surface area contributed by atoms with Crippen LogP contribution < -0.4 is 10.2 Å². The number of benzene rings is 3. The molecule has 0 aromatic heterocycles. The average molecular weight is 413 g/mol. The molecular formula is C27H32N4. The Morgan fingerprint density at radius 3 is 2.16 bits per heavy atom. The van der Waals surface area contributed by atoms with Gasteiger partial charge in [0.15, 0.2) is 0 Å². The summed E-state index contributed by atoms with van der Waals surface area (Å²) >= 11 is 0. The number of rotatable bonds is 10. The van der Waals surface area contributed by atoms with E-state index in [1.54, 1.807) is 0 Å². The van der Waals surface area contributed by atoms with Crippen LogP contribution in [0.15, 0.2) is 72.8 Å². The fourth-order valence-electron chi connectivity index (χ4n) is 3.67. The number of hydrogen-bond donors (Lipinski definition) is 1. The maximum absolute atomic E-state index is 8.75. The molecular weight excluding hydrogens is 380 g/mol. The Balaban J connectivity index is 1.60. The van der Waals surface area contributed by atoms with Gasteiger partial charge in [-0.3, -0.25) is 0 Å². The Bertz CT molecular complexity index is 985. The smallest absolute Gasteiger partial charge is 0.0640 e. The van der Waals surface area contributed by atoms with Crippen LogP contribution in [-0.2, 0) is 19.6 Å². The van der Waals surface area contributed by atoms with E-state index in [1.165, 1.54) is 27.8 Å². The highest BCUT2D eigenvalue weighted by Gasteiger charge is 2.06. The fourth-order valence-corrected chi connectivity index (χ4v) is 3.67. The number of hydrogen-bond acceptors (Lipinski definition) is 4. The van der Waals surface area contributed by atoms with Gasteiger partial charge in [0, 0.05) is 38.9 Å². The molecule has 0 saturated carbocycles. The topological polar surface area (TPSA) is 42.3 Å². The lowest BCUT2D eigenvalue weighted by Gasteiger charge is -2.18. The van der Waals surface area contributed by atoms with E-state index in [1.807, 2.05) is 7.05 Å². The van der Waals surface area contributed by atoms with Crippen LogP contribution >= 0.6 is 0 Å². The van der Waals surface area contributed by atoms with Crippen LogP contribution in [0.5, 0.6) is 0 Å². The molecule has 0 atom stereocenters. The summed E-state index contributed by atoms with van der Waals surface area (Å²) in [6.07, 6.45) is 0.539. The molecule has 0 fully saturated rings. The third-order valence-electron chi connectivity index (χ3n) is 5.36. The van der Waals surface area contributed by atoms with E-state index >= 15 is 0 Å². The molecule has 0 aliphatic heterocycles. The standard InChI is InChI=1S/C27H32N4/c1-30(2)21-23-9-13-24(14-10-23)27-8-5-4-7-25(27)20-29-19-22-11-15-26(16-12-22)31(3)18-6-17-28/h4-5,7-16,29H,6,18-21H2,1-3H3. The molecule has 3 aromatic rings. The molecule has 4 nitrogen and oxygen atoms in total. The lowest BCUT2D eigenvalue weighted by atomic mass is 9.98. The third-order valence-corrected chi connectivity index (χ3v) is 5.36. The zero-order valence-corrected chi connectivity index (χ0v) is 18.8. The van der Waals surface area contributed by atoms with Gasteiger partial charge in [-0.1, -0.05) is 60.7 Å². The SMILES string of the molecule is CN(C)Cc1ccc(-c2ccccc2CNCc2ccc(N(C)CCC#N)cc2)cc1. The molecule has 0 amide bonds. The first-order valence-corrected chi connectivity index (χ1v) is 10.8. The highest BCUT2D eigenvalue weighted by molar-refractivity contribution is 5.67. The number of nitrogens with one attached hydrogen (secondary N) is 1. The van der Waals surface area contributed by atoms with Gasteiger partial charge in [-0.2, -0.15) is 5.26 Å². The molecule has 0 aliphatic rings. The second-order valence-electron chi connectivity index (χ2n) is 8.19. The highest BCUT2D eigenvalue weighted by atomic mass is 15.1. The first-order chi connectivity index (χ1) is 15.1. The molecule has 0 radical (unpaired) electrons. The van der Waals surface area contributed by atoms with Crippen LogP contribution in [0.4, 0.5) is 5.69 Å². The van der Waals surface area contributed by atoms with E-state index in [0.717, 1.165) is 31.9 Å². The third kappa shape index (κ3) is 6.68. The van der Waals surface area contributed by atoms with E-state index in [9.17, 15) is 0 Å². The fraction of sp³-hybridized carbons (Fsp3) is 0.296. The van der Waals surface area contributed by atoms with Gasteiger partial charge in [-0.05, 0) is 54.0 Å². The summed E-state index contributed by atoms with van der Waals surface area (Å²) in [6, 6.07) is 28.2. The molecule has 0 heterocycles. The summed E-state index contributed by atoms with van der Waals surface area (Å²) in [5.41, 5.74) is 7.55. The Hall–Kier alpha value is -3.13. The average Bonchev–Trinajstić information content (AvgIpc) is 2.78. The van der Waals surface area contributed by atoms with Gasteiger partial charge in [0.25, 0.3) is 0 Å². The minimum Gasteiger partial charge on any atom is -0.374 e. The zero-order valence-electron chi connectivity index (χ0n) is 18.8. The summed E-state index contributed by atoms with van der Waals surface area (Å²) in [5, 5.41) is 12.3. The predicted molar refractivity (Wildman–Crippen MR) is 130 cm³/mol. The van der Waals surface area contributed by atoms with E-state index < -0.39 is 0 Å². The van der Waals surface area contributed by atoms with Gasteiger partial charge in [0.05, 0.1) is 12.5 Å². The monoisotopic (exact) mass is 412 g/mol. The van der Waals surface area contributed by atoms with Crippen LogP contribution in [0.3, 0.4) is 0 Å². The molecule has 31 heavy (non-hydrogen) atoms. The van der Waals surface area contributed by atoms with Crippen molar-refractivity contribution in [2.75, 3.05) is 32.6 Å². The van der Waals surface area contributed by atoms with Gasteiger partial charge < -0.3 is 15.1 Å². The molecule has 1 N–H and O–H groups in total. The molecule has 0 aliphatic carbocycles. The van der Waals surface area contributed by atoms with Crippen LogP contribution in [0, 0.1) is 11.3 Å². The highest BCUT2D eigenvalue weighted by Crippen LogP contribution is 2.24. The maximum Gasteiger partial charge on any atom is 0.0640 e. The first-order valence-electron chi connectivity index (χ1n) is 10.8. The number of nitriles is 1. The lowest BCUT2D eigenvalue weighted by molar-refractivity contribution is 0.402. The molecule has 160 valence electrons. The van der Waals surface area contributed by atoms with Crippen molar-refractivity contribution < 1.29 is 0 Å². The molecule has 0 saturated heterocycles. The summed E-state index contributed by atoms with van der Waals surface area (Å²) < 4.78 is 0. The van der Waals surface area contributed by atoms with E-state index in [0.29, 0.717) is 6.42 Å². The molecule has 3 rings (SSSR count). The minimum atomic E-state index is 0.539. The quantitative estimate of drug-likeness (QED) is 0.506. The van der Waals surface area contributed by atoms with Gasteiger partial charge in [0.2, 0.25) is 0 Å². The van der Waals surface area contributed by atoms with E-state index in [4.69, 9.17) is 5.26 Å². The molecule has 3 aromatic carbocycles. The van der Waals surface area contributed by atoms with Gasteiger partial charge in [-0.15, -0.1) is 0 Å².